The van der Waals surface area contributed by atoms with Crippen molar-refractivity contribution in [3.63, 3.8) is 0 Å². The van der Waals surface area contributed by atoms with Gasteiger partial charge in [-0.2, -0.15) is 0 Å². The maximum atomic E-state index is 3.85. The molecule has 68 valence electrons. The van der Waals surface area contributed by atoms with E-state index in [0.717, 1.165) is 18.2 Å². The summed E-state index contributed by atoms with van der Waals surface area (Å²) < 4.78 is 1.76. The highest BCUT2D eigenvalue weighted by molar-refractivity contribution is 7.13. The topological polar surface area (TPSA) is 68.5 Å². The molecule has 6 nitrogen and oxygen atoms in total. The first-order valence-corrected chi connectivity index (χ1v) is 4.67. The molecule has 2 aromatic heterocycles. The lowest BCUT2D eigenvalue weighted by Crippen LogP contribution is -2.10. The van der Waals surface area contributed by atoms with E-state index >= 15 is 0 Å². The van der Waals surface area contributed by atoms with Crippen molar-refractivity contribution in [2.24, 2.45) is 0 Å². The van der Waals surface area contributed by atoms with Crippen molar-refractivity contribution in [1.29, 1.82) is 0 Å². The summed E-state index contributed by atoms with van der Waals surface area (Å²) in [5.41, 5.74) is 1.69. The smallest absolute Gasteiger partial charge is 0.205 e. The highest BCUT2D eigenvalue weighted by Gasteiger charge is 1.94. The van der Waals surface area contributed by atoms with Crippen LogP contribution in [0.5, 0.6) is 0 Å². The van der Waals surface area contributed by atoms with E-state index in [9.17, 15) is 0 Å². The van der Waals surface area contributed by atoms with E-state index in [1.54, 1.807) is 16.4 Å². The van der Waals surface area contributed by atoms with E-state index in [0.29, 0.717) is 0 Å². The van der Waals surface area contributed by atoms with Crippen LogP contribution < -0.4 is 5.32 Å². The largest absolute Gasteiger partial charge is 0.358 e. The maximum absolute atomic E-state index is 3.85. The van der Waals surface area contributed by atoms with Crippen LogP contribution in [0.3, 0.4) is 0 Å². The van der Waals surface area contributed by atoms with Crippen LogP contribution in [0, 0.1) is 0 Å². The number of nitrogens with zero attached hydrogens (tertiary/aromatic N) is 5. The summed E-state index contributed by atoms with van der Waals surface area (Å²) >= 11 is 1.48. The highest BCUT2D eigenvalue weighted by Crippen LogP contribution is 2.06. The first kappa shape index (κ1) is 8.11. The van der Waals surface area contributed by atoms with Gasteiger partial charge in [-0.15, -0.1) is 15.3 Å². The molecular weight excluding hydrogens is 188 g/mol. The Hall–Kier alpha value is -1.50. The van der Waals surface area contributed by atoms with Crippen molar-refractivity contribution in [1.82, 2.24) is 25.2 Å². The summed E-state index contributed by atoms with van der Waals surface area (Å²) in [4.78, 5) is 0. The van der Waals surface area contributed by atoms with Crippen molar-refractivity contribution < 1.29 is 0 Å². The lowest BCUT2D eigenvalue weighted by Gasteiger charge is -2.00. The van der Waals surface area contributed by atoms with Crippen LogP contribution in [0.4, 0.5) is 5.13 Å². The van der Waals surface area contributed by atoms with Gasteiger partial charge in [0.15, 0.2) is 0 Å². The maximum Gasteiger partial charge on any atom is 0.205 e. The normalized spacial score (nSPS) is 10.2. The zero-order valence-corrected chi connectivity index (χ0v) is 7.61. The molecule has 0 aliphatic heterocycles. The fraction of sp³-hybridized carbons (Fsp3) is 0.333. The molecule has 0 aliphatic rings. The van der Waals surface area contributed by atoms with Gasteiger partial charge >= 0.3 is 0 Å². The summed E-state index contributed by atoms with van der Waals surface area (Å²) in [5.74, 6) is 0. The van der Waals surface area contributed by atoms with E-state index in [-0.39, 0.29) is 0 Å². The highest BCUT2D eigenvalue weighted by atomic mass is 32.1. The summed E-state index contributed by atoms with van der Waals surface area (Å²) in [5, 5.41) is 19.0. The van der Waals surface area contributed by atoms with Crippen molar-refractivity contribution in [3.05, 3.63) is 17.9 Å². The van der Waals surface area contributed by atoms with Crippen LogP contribution in [-0.4, -0.2) is 31.7 Å². The van der Waals surface area contributed by atoms with Crippen molar-refractivity contribution in [2.75, 3.05) is 11.9 Å². The van der Waals surface area contributed by atoms with E-state index in [4.69, 9.17) is 0 Å². The van der Waals surface area contributed by atoms with Gasteiger partial charge in [-0.1, -0.05) is 16.6 Å². The molecular formula is C6H8N6S. The first-order chi connectivity index (χ1) is 6.45. The van der Waals surface area contributed by atoms with Gasteiger partial charge in [0.25, 0.3) is 0 Å². The molecule has 0 bridgehead atoms. The third kappa shape index (κ3) is 2.22. The summed E-state index contributed by atoms with van der Waals surface area (Å²) in [6, 6.07) is 0. The van der Waals surface area contributed by atoms with Crippen molar-refractivity contribution >= 4 is 16.5 Å². The molecule has 0 amide bonds. The molecule has 2 heterocycles. The average molecular weight is 196 g/mol. The van der Waals surface area contributed by atoms with E-state index in [1.807, 2.05) is 6.20 Å². The molecule has 2 rings (SSSR count). The van der Waals surface area contributed by atoms with Gasteiger partial charge in [0, 0.05) is 12.7 Å². The minimum absolute atomic E-state index is 0.776. The molecule has 7 heteroatoms. The Morgan fingerprint density at radius 2 is 2.46 bits per heavy atom. The second kappa shape index (κ2) is 3.94. The average Bonchev–Trinajstić information content (AvgIpc) is 2.75. The molecule has 2 aromatic rings. The number of anilines is 1. The summed E-state index contributed by atoms with van der Waals surface area (Å²) in [6.45, 7) is 1.55. The molecule has 0 radical (unpaired) electrons. The third-order valence-corrected chi connectivity index (χ3v) is 2.10. The monoisotopic (exact) mass is 196 g/mol. The van der Waals surface area contributed by atoms with E-state index in [2.05, 4.69) is 25.8 Å². The lowest BCUT2D eigenvalue weighted by molar-refractivity contribution is 0.608. The fourth-order valence-corrected chi connectivity index (χ4v) is 1.35. The molecule has 0 atom stereocenters. The first-order valence-electron chi connectivity index (χ1n) is 3.79. The van der Waals surface area contributed by atoms with Crippen LogP contribution in [-0.2, 0) is 6.54 Å². The van der Waals surface area contributed by atoms with Crippen LogP contribution in [0.25, 0.3) is 0 Å². The standard InChI is InChI=1S/C6H8N6S/c1(3-12-4-2-8-11-12)7-6-10-9-5-13-6/h2,4-5H,1,3H2,(H,7,10). The minimum Gasteiger partial charge on any atom is -0.358 e. The van der Waals surface area contributed by atoms with Crippen molar-refractivity contribution in [3.8, 4) is 0 Å². The summed E-state index contributed by atoms with van der Waals surface area (Å²) in [7, 11) is 0. The third-order valence-electron chi connectivity index (χ3n) is 1.45. The van der Waals surface area contributed by atoms with Gasteiger partial charge < -0.3 is 5.32 Å². The van der Waals surface area contributed by atoms with E-state index < -0.39 is 0 Å². The number of hydrogen-bond acceptors (Lipinski definition) is 6. The molecule has 0 aromatic carbocycles. The Balaban J connectivity index is 1.76. The Labute approximate surface area is 78.6 Å². The molecule has 0 spiro atoms. The zero-order chi connectivity index (χ0) is 8.93. The van der Waals surface area contributed by atoms with E-state index in [1.165, 1.54) is 11.3 Å². The predicted molar refractivity (Wildman–Crippen MR) is 48.4 cm³/mol. The molecule has 13 heavy (non-hydrogen) atoms. The van der Waals surface area contributed by atoms with Crippen LogP contribution in [0.2, 0.25) is 0 Å². The second-order valence-corrected chi connectivity index (χ2v) is 3.17. The Bertz CT molecular complexity index is 294. The van der Waals surface area contributed by atoms with Gasteiger partial charge in [0.05, 0.1) is 12.7 Å². The van der Waals surface area contributed by atoms with Crippen LogP contribution in [0.15, 0.2) is 17.9 Å². The molecule has 0 fully saturated rings. The van der Waals surface area contributed by atoms with Gasteiger partial charge in [0.1, 0.15) is 5.51 Å². The molecule has 0 saturated carbocycles. The fourth-order valence-electron chi connectivity index (χ4n) is 0.879. The van der Waals surface area contributed by atoms with Gasteiger partial charge in [-0.05, 0) is 0 Å². The SMILES string of the molecule is c1cn(CCNc2nncs2)nn1. The van der Waals surface area contributed by atoms with Crippen molar-refractivity contribution in [2.45, 2.75) is 6.54 Å². The molecule has 0 saturated heterocycles. The quantitative estimate of drug-likeness (QED) is 0.758. The number of aromatic nitrogens is 5. The Kier molecular flexibility index (Phi) is 2.46. The van der Waals surface area contributed by atoms with Gasteiger partial charge in [-0.3, -0.25) is 4.68 Å². The molecule has 0 aliphatic carbocycles. The zero-order valence-electron chi connectivity index (χ0n) is 6.79. The van der Waals surface area contributed by atoms with Gasteiger partial charge in [0.2, 0.25) is 5.13 Å². The second-order valence-electron chi connectivity index (χ2n) is 2.34. The number of hydrogen-bond donors (Lipinski definition) is 1. The van der Waals surface area contributed by atoms with Crippen LogP contribution >= 0.6 is 11.3 Å². The Morgan fingerprint density at radius 3 is 3.15 bits per heavy atom. The van der Waals surface area contributed by atoms with Gasteiger partial charge in [-0.25, -0.2) is 0 Å². The summed E-state index contributed by atoms with van der Waals surface area (Å²) in [6.07, 6.45) is 3.48. The Morgan fingerprint density at radius 1 is 1.46 bits per heavy atom. The lowest BCUT2D eigenvalue weighted by atomic mass is 10.6. The van der Waals surface area contributed by atoms with Crippen LogP contribution in [0.1, 0.15) is 0 Å². The molecule has 1 N–H and O–H groups in total. The number of nitrogens with one attached hydrogen (secondary N) is 1. The molecule has 0 unspecified atom stereocenters. The minimum atomic E-state index is 0.776. The number of rotatable bonds is 4. The predicted octanol–water partition coefficient (Wildman–Crippen LogP) is 0.242.